The van der Waals surface area contributed by atoms with Gasteiger partial charge in [0.05, 0.1) is 12.5 Å². The lowest BCUT2D eigenvalue weighted by atomic mass is 10.1. The fourth-order valence-corrected chi connectivity index (χ4v) is 3.66. The summed E-state index contributed by atoms with van der Waals surface area (Å²) in [7, 11) is 1.67. The van der Waals surface area contributed by atoms with E-state index >= 15 is 0 Å². The van der Waals surface area contributed by atoms with Crippen LogP contribution in [0.2, 0.25) is 0 Å². The quantitative estimate of drug-likeness (QED) is 0.424. The van der Waals surface area contributed by atoms with Gasteiger partial charge < -0.3 is 14.6 Å². The summed E-state index contributed by atoms with van der Waals surface area (Å²) in [6.07, 6.45) is 7.34. The highest BCUT2D eigenvalue weighted by molar-refractivity contribution is 6.02. The minimum atomic E-state index is 0.627. The molecule has 2 aromatic carbocycles. The van der Waals surface area contributed by atoms with Crippen LogP contribution in [-0.2, 0) is 6.54 Å². The van der Waals surface area contributed by atoms with Crippen LogP contribution in [0, 0.1) is 0 Å². The van der Waals surface area contributed by atoms with Crippen LogP contribution in [0.5, 0.6) is 5.75 Å². The maximum atomic E-state index is 5.31. The van der Waals surface area contributed by atoms with Gasteiger partial charge in [-0.3, -0.25) is 4.98 Å². The van der Waals surface area contributed by atoms with Crippen molar-refractivity contribution in [2.24, 2.45) is 0 Å². The number of benzene rings is 2. The summed E-state index contributed by atoms with van der Waals surface area (Å²) in [5, 5.41) is 4.45. The molecule has 0 amide bonds. The summed E-state index contributed by atoms with van der Waals surface area (Å²) in [4.78, 5) is 13.4. The summed E-state index contributed by atoms with van der Waals surface area (Å²) in [5.74, 6) is 1.61. The molecule has 5 rings (SSSR count). The first kappa shape index (κ1) is 18.8. The Kier molecular flexibility index (Phi) is 5.02. The van der Waals surface area contributed by atoms with Gasteiger partial charge in [0, 0.05) is 36.4 Å². The molecule has 0 bridgehead atoms. The second-order valence-corrected chi connectivity index (χ2v) is 7.11. The van der Waals surface area contributed by atoms with Crippen LogP contribution in [-0.4, -0.2) is 26.6 Å². The van der Waals surface area contributed by atoms with Gasteiger partial charge >= 0.3 is 0 Å². The normalized spacial score (nSPS) is 10.9. The van der Waals surface area contributed by atoms with Crippen LogP contribution < -0.4 is 10.1 Å². The standard InChI is InChI=1S/C25H21N5O/c1-31-21-11-9-20(10-12-21)30-16-22(19-7-3-2-4-8-19)23-24(28-17-29-25(23)30)27-15-18-6-5-13-26-14-18/h2-14,16-17H,15H2,1H3,(H,27,28,29). The van der Waals surface area contributed by atoms with E-state index in [9.17, 15) is 0 Å². The van der Waals surface area contributed by atoms with Gasteiger partial charge in [-0.15, -0.1) is 0 Å². The minimum Gasteiger partial charge on any atom is -0.497 e. The molecule has 0 spiro atoms. The lowest BCUT2D eigenvalue weighted by molar-refractivity contribution is 0.415. The molecule has 3 heterocycles. The van der Waals surface area contributed by atoms with E-state index in [2.05, 4.69) is 43.2 Å². The van der Waals surface area contributed by atoms with E-state index in [1.54, 1.807) is 19.6 Å². The molecule has 6 nitrogen and oxygen atoms in total. The maximum absolute atomic E-state index is 5.31. The molecule has 0 saturated carbocycles. The number of methoxy groups -OCH3 is 1. The van der Waals surface area contributed by atoms with E-state index in [0.717, 1.165) is 45.0 Å². The van der Waals surface area contributed by atoms with Crippen LogP contribution in [0.25, 0.3) is 27.8 Å². The Balaban J connectivity index is 1.65. The maximum Gasteiger partial charge on any atom is 0.150 e. The van der Waals surface area contributed by atoms with Crippen LogP contribution in [0.15, 0.2) is 91.6 Å². The molecular formula is C25H21N5O. The van der Waals surface area contributed by atoms with Crippen molar-refractivity contribution >= 4 is 16.9 Å². The van der Waals surface area contributed by atoms with Gasteiger partial charge in [0.1, 0.15) is 17.9 Å². The Bertz CT molecular complexity index is 1300. The molecule has 0 aliphatic carbocycles. The van der Waals surface area contributed by atoms with Gasteiger partial charge in [-0.1, -0.05) is 36.4 Å². The average Bonchev–Trinajstić information content (AvgIpc) is 3.24. The fourth-order valence-electron chi connectivity index (χ4n) is 3.66. The van der Waals surface area contributed by atoms with E-state index < -0.39 is 0 Å². The van der Waals surface area contributed by atoms with E-state index in [1.807, 2.05) is 60.8 Å². The Morgan fingerprint density at radius 3 is 2.52 bits per heavy atom. The summed E-state index contributed by atoms with van der Waals surface area (Å²) in [6.45, 7) is 0.627. The number of ether oxygens (including phenoxy) is 1. The molecule has 0 radical (unpaired) electrons. The van der Waals surface area contributed by atoms with Crippen LogP contribution in [0.1, 0.15) is 5.56 Å². The van der Waals surface area contributed by atoms with Crippen LogP contribution >= 0.6 is 0 Å². The van der Waals surface area contributed by atoms with Crippen molar-refractivity contribution in [3.05, 3.63) is 97.2 Å². The summed E-state index contributed by atoms with van der Waals surface area (Å²) >= 11 is 0. The van der Waals surface area contributed by atoms with Gasteiger partial charge in [0.25, 0.3) is 0 Å². The molecule has 0 unspecified atom stereocenters. The number of pyridine rings is 1. The van der Waals surface area contributed by atoms with Gasteiger partial charge in [0.15, 0.2) is 5.65 Å². The van der Waals surface area contributed by atoms with Gasteiger partial charge in [-0.2, -0.15) is 0 Å². The lowest BCUT2D eigenvalue weighted by Gasteiger charge is -2.09. The second-order valence-electron chi connectivity index (χ2n) is 7.11. The average molecular weight is 407 g/mol. The Morgan fingerprint density at radius 2 is 1.77 bits per heavy atom. The summed E-state index contributed by atoms with van der Waals surface area (Å²) in [5.41, 5.74) is 5.11. The molecule has 6 heteroatoms. The molecule has 0 aliphatic heterocycles. The molecule has 1 N–H and O–H groups in total. The molecule has 152 valence electrons. The third kappa shape index (κ3) is 3.71. The van der Waals surface area contributed by atoms with Crippen LogP contribution in [0.3, 0.4) is 0 Å². The van der Waals surface area contributed by atoms with Gasteiger partial charge in [0.2, 0.25) is 0 Å². The molecule has 0 saturated heterocycles. The molecular weight excluding hydrogens is 386 g/mol. The van der Waals surface area contributed by atoms with Crippen molar-refractivity contribution in [3.8, 4) is 22.6 Å². The van der Waals surface area contributed by atoms with Crippen molar-refractivity contribution in [1.29, 1.82) is 0 Å². The number of hydrogen-bond acceptors (Lipinski definition) is 5. The monoisotopic (exact) mass is 407 g/mol. The number of rotatable bonds is 6. The van der Waals surface area contributed by atoms with E-state index in [1.165, 1.54) is 0 Å². The van der Waals surface area contributed by atoms with Gasteiger partial charge in [-0.25, -0.2) is 9.97 Å². The Labute approximate surface area is 180 Å². The SMILES string of the molecule is COc1ccc(-n2cc(-c3ccccc3)c3c(NCc4cccnc4)ncnc32)cc1. The minimum absolute atomic E-state index is 0.627. The highest BCUT2D eigenvalue weighted by Crippen LogP contribution is 2.35. The first-order valence-electron chi connectivity index (χ1n) is 10.0. The molecule has 0 atom stereocenters. The third-order valence-corrected chi connectivity index (χ3v) is 5.20. The number of aromatic nitrogens is 4. The number of nitrogens with zero attached hydrogens (tertiary/aromatic N) is 4. The first-order chi connectivity index (χ1) is 15.3. The highest BCUT2D eigenvalue weighted by atomic mass is 16.5. The van der Waals surface area contributed by atoms with E-state index in [-0.39, 0.29) is 0 Å². The van der Waals surface area contributed by atoms with Crippen molar-refractivity contribution in [2.45, 2.75) is 6.54 Å². The number of hydrogen-bond donors (Lipinski definition) is 1. The zero-order valence-electron chi connectivity index (χ0n) is 17.1. The van der Waals surface area contributed by atoms with Crippen molar-refractivity contribution < 1.29 is 4.74 Å². The molecule has 31 heavy (non-hydrogen) atoms. The number of fused-ring (bicyclic) bond motifs is 1. The zero-order valence-corrected chi connectivity index (χ0v) is 17.1. The van der Waals surface area contributed by atoms with Gasteiger partial charge in [-0.05, 0) is 41.5 Å². The lowest BCUT2D eigenvalue weighted by Crippen LogP contribution is -2.03. The van der Waals surface area contributed by atoms with Crippen molar-refractivity contribution in [1.82, 2.24) is 19.5 Å². The summed E-state index contributed by atoms with van der Waals surface area (Å²) in [6, 6.07) is 22.2. The zero-order chi connectivity index (χ0) is 21.0. The Hall–Kier alpha value is -4.19. The first-order valence-corrected chi connectivity index (χ1v) is 10.0. The highest BCUT2D eigenvalue weighted by Gasteiger charge is 2.17. The molecule has 3 aromatic heterocycles. The summed E-state index contributed by atoms with van der Waals surface area (Å²) < 4.78 is 7.40. The third-order valence-electron chi connectivity index (χ3n) is 5.20. The smallest absolute Gasteiger partial charge is 0.150 e. The second kappa shape index (κ2) is 8.28. The fraction of sp³-hybridized carbons (Fsp3) is 0.0800. The van der Waals surface area contributed by atoms with Crippen LogP contribution in [0.4, 0.5) is 5.82 Å². The number of anilines is 1. The largest absolute Gasteiger partial charge is 0.497 e. The predicted molar refractivity (Wildman–Crippen MR) is 122 cm³/mol. The molecule has 0 fully saturated rings. The van der Waals surface area contributed by atoms with Crippen molar-refractivity contribution in [2.75, 3.05) is 12.4 Å². The molecule has 0 aliphatic rings. The van der Waals surface area contributed by atoms with E-state index in [4.69, 9.17) is 4.74 Å². The topological polar surface area (TPSA) is 64.9 Å². The number of nitrogens with one attached hydrogen (secondary N) is 1. The Morgan fingerprint density at radius 1 is 0.935 bits per heavy atom. The van der Waals surface area contributed by atoms with Crippen molar-refractivity contribution in [3.63, 3.8) is 0 Å². The van der Waals surface area contributed by atoms with E-state index in [0.29, 0.717) is 6.54 Å². The predicted octanol–water partition coefficient (Wildman–Crippen LogP) is 5.10. The molecule has 5 aromatic rings.